The van der Waals surface area contributed by atoms with Crippen LogP contribution in [0.15, 0.2) is 75.5 Å². The maximum Gasteiger partial charge on any atom is 0.234 e. The van der Waals surface area contributed by atoms with Crippen LogP contribution in [0.25, 0.3) is 0 Å². The SMILES string of the molecule is COc1ccc(NC(=O)CSc2nnc(N3C(N)=C(C#N)C(c4ccc(OC)cc4)C4=C3CCCC4=O)s2)cc1. The second-order valence-corrected chi connectivity index (χ2v) is 11.2. The fourth-order valence-corrected chi connectivity index (χ4v) is 6.47. The largest absolute Gasteiger partial charge is 0.497 e. The van der Waals surface area contributed by atoms with Crippen molar-refractivity contribution in [3.63, 3.8) is 0 Å². The van der Waals surface area contributed by atoms with E-state index in [0.29, 0.717) is 51.5 Å². The normalized spacial score (nSPS) is 16.9. The highest BCUT2D eigenvalue weighted by Crippen LogP contribution is 2.47. The minimum absolute atomic E-state index is 0.0124. The molecule has 1 unspecified atom stereocenters. The Morgan fingerprint density at radius 3 is 2.45 bits per heavy atom. The zero-order chi connectivity index (χ0) is 28.2. The number of anilines is 2. The first-order valence-electron chi connectivity index (χ1n) is 12.4. The molecule has 1 aliphatic heterocycles. The highest BCUT2D eigenvalue weighted by Gasteiger charge is 2.41. The number of amides is 1. The number of nitrogens with zero attached hydrogens (tertiary/aromatic N) is 4. The third-order valence-electron chi connectivity index (χ3n) is 6.65. The van der Waals surface area contributed by atoms with Gasteiger partial charge in [-0.2, -0.15) is 5.26 Å². The number of nitrogens with two attached hydrogens (primary N) is 1. The first kappa shape index (κ1) is 27.2. The maximum absolute atomic E-state index is 13.3. The van der Waals surface area contributed by atoms with Gasteiger partial charge in [0.15, 0.2) is 10.1 Å². The molecule has 2 aliphatic rings. The molecule has 10 nitrogen and oxygen atoms in total. The van der Waals surface area contributed by atoms with Crippen LogP contribution in [0.5, 0.6) is 11.5 Å². The minimum atomic E-state index is -0.571. The molecular formula is C28H26N6O4S2. The van der Waals surface area contributed by atoms with Crippen LogP contribution in [0, 0.1) is 11.3 Å². The van der Waals surface area contributed by atoms with Gasteiger partial charge in [0.1, 0.15) is 17.3 Å². The van der Waals surface area contributed by atoms with Gasteiger partial charge in [0.05, 0.1) is 37.5 Å². The summed E-state index contributed by atoms with van der Waals surface area (Å²) in [4.78, 5) is 27.4. The average molecular weight is 575 g/mol. The van der Waals surface area contributed by atoms with Crippen LogP contribution in [-0.2, 0) is 9.59 Å². The van der Waals surface area contributed by atoms with E-state index in [1.54, 1.807) is 55.5 Å². The third kappa shape index (κ3) is 5.38. The molecule has 1 amide bonds. The fraction of sp³-hybridized carbons (Fsp3) is 0.250. The number of nitrogens with one attached hydrogen (secondary N) is 1. The topological polar surface area (TPSA) is 143 Å². The predicted molar refractivity (Wildman–Crippen MR) is 153 cm³/mol. The molecule has 3 aromatic rings. The molecule has 0 saturated heterocycles. The summed E-state index contributed by atoms with van der Waals surface area (Å²) in [5.74, 6) is 0.953. The Morgan fingerprint density at radius 1 is 1.12 bits per heavy atom. The van der Waals surface area contributed by atoms with Crippen molar-refractivity contribution in [3.05, 3.63) is 76.8 Å². The number of methoxy groups -OCH3 is 2. The maximum atomic E-state index is 13.3. The number of allylic oxidation sites excluding steroid dienone is 3. The lowest BCUT2D eigenvalue weighted by atomic mass is 9.76. The molecule has 2 heterocycles. The average Bonchev–Trinajstić information content (AvgIpc) is 3.44. The Morgan fingerprint density at radius 2 is 1.80 bits per heavy atom. The van der Waals surface area contributed by atoms with Crippen LogP contribution in [-0.4, -0.2) is 41.9 Å². The number of aromatic nitrogens is 2. The van der Waals surface area contributed by atoms with Gasteiger partial charge in [0, 0.05) is 23.4 Å². The lowest BCUT2D eigenvalue weighted by molar-refractivity contribution is -0.116. The summed E-state index contributed by atoms with van der Waals surface area (Å²) in [5, 5.41) is 22.0. The van der Waals surface area contributed by atoms with E-state index in [0.717, 1.165) is 11.3 Å². The van der Waals surface area contributed by atoms with E-state index < -0.39 is 5.92 Å². The Bertz CT molecular complexity index is 1540. The molecule has 1 atom stereocenters. The van der Waals surface area contributed by atoms with Gasteiger partial charge in [-0.25, -0.2) is 0 Å². The van der Waals surface area contributed by atoms with Gasteiger partial charge in [-0.3, -0.25) is 14.5 Å². The molecule has 1 aliphatic carbocycles. The van der Waals surface area contributed by atoms with Crippen molar-refractivity contribution in [2.75, 3.05) is 30.2 Å². The van der Waals surface area contributed by atoms with Gasteiger partial charge in [0.25, 0.3) is 0 Å². The van der Waals surface area contributed by atoms with E-state index in [2.05, 4.69) is 21.6 Å². The molecule has 12 heteroatoms. The highest BCUT2D eigenvalue weighted by molar-refractivity contribution is 8.01. The van der Waals surface area contributed by atoms with Crippen molar-refractivity contribution in [3.8, 4) is 17.6 Å². The monoisotopic (exact) mass is 574 g/mol. The zero-order valence-electron chi connectivity index (χ0n) is 21.8. The summed E-state index contributed by atoms with van der Waals surface area (Å²) in [5.41, 5.74) is 9.64. The van der Waals surface area contributed by atoms with E-state index in [1.807, 2.05) is 12.1 Å². The molecule has 204 valence electrons. The van der Waals surface area contributed by atoms with Crippen molar-refractivity contribution in [1.29, 1.82) is 5.26 Å². The zero-order valence-corrected chi connectivity index (χ0v) is 23.5. The molecule has 0 saturated carbocycles. The second kappa shape index (κ2) is 11.8. The first-order chi connectivity index (χ1) is 19.4. The summed E-state index contributed by atoms with van der Waals surface area (Å²) in [6, 6.07) is 16.6. The van der Waals surface area contributed by atoms with Gasteiger partial charge >= 0.3 is 0 Å². The quantitative estimate of drug-likeness (QED) is 0.367. The lowest BCUT2D eigenvalue weighted by Gasteiger charge is -2.38. The van der Waals surface area contributed by atoms with Crippen LogP contribution in [0.2, 0.25) is 0 Å². The number of Topliss-reactive ketones (excluding diaryl/α,β-unsaturated/α-hetero) is 1. The lowest BCUT2D eigenvalue weighted by Crippen LogP contribution is -2.38. The van der Waals surface area contributed by atoms with Gasteiger partial charge in [-0.15, -0.1) is 10.2 Å². The molecule has 2 aromatic carbocycles. The standard InChI is InChI=1S/C28H26N6O4S2/c1-37-18-10-6-16(7-11-18)24-20(14-29)26(30)34(21-4-3-5-22(35)25(21)24)27-32-33-28(40-27)39-15-23(36)31-17-8-12-19(38-2)13-9-17/h6-13,24H,3-5,15,30H2,1-2H3,(H,31,36). The van der Waals surface area contributed by atoms with Gasteiger partial charge in [-0.1, -0.05) is 35.2 Å². The van der Waals surface area contributed by atoms with Crippen LogP contribution in [0.1, 0.15) is 30.7 Å². The van der Waals surface area contributed by atoms with E-state index in [-0.39, 0.29) is 28.8 Å². The smallest absolute Gasteiger partial charge is 0.234 e. The molecular weight excluding hydrogens is 548 g/mol. The van der Waals surface area contributed by atoms with Crippen molar-refractivity contribution in [2.45, 2.75) is 29.5 Å². The summed E-state index contributed by atoms with van der Waals surface area (Å²) in [7, 11) is 3.16. The molecule has 0 bridgehead atoms. The number of carbonyl (C=O) groups excluding carboxylic acids is 2. The Balaban J connectivity index is 1.39. The number of nitriles is 1. The number of thioether (sulfide) groups is 1. The number of benzene rings is 2. The number of rotatable bonds is 8. The second-order valence-electron chi connectivity index (χ2n) is 9.01. The fourth-order valence-electron chi connectivity index (χ4n) is 4.78. The van der Waals surface area contributed by atoms with E-state index in [9.17, 15) is 14.9 Å². The summed E-state index contributed by atoms with van der Waals surface area (Å²) in [6.07, 6.45) is 1.68. The van der Waals surface area contributed by atoms with Crippen molar-refractivity contribution >= 4 is 45.6 Å². The molecule has 0 spiro atoms. The van der Waals surface area contributed by atoms with Crippen molar-refractivity contribution in [2.24, 2.45) is 5.73 Å². The summed E-state index contributed by atoms with van der Waals surface area (Å²) < 4.78 is 11.0. The molecule has 0 fully saturated rings. The van der Waals surface area contributed by atoms with Crippen molar-refractivity contribution < 1.29 is 19.1 Å². The molecule has 0 radical (unpaired) electrons. The van der Waals surface area contributed by atoms with Crippen LogP contribution in [0.3, 0.4) is 0 Å². The van der Waals surface area contributed by atoms with Crippen LogP contribution in [0.4, 0.5) is 10.8 Å². The van der Waals surface area contributed by atoms with Gasteiger partial charge in [0.2, 0.25) is 11.0 Å². The number of ketones is 1. The molecule has 5 rings (SSSR count). The minimum Gasteiger partial charge on any atom is -0.497 e. The van der Waals surface area contributed by atoms with E-state index >= 15 is 0 Å². The van der Waals surface area contributed by atoms with E-state index in [1.165, 1.54) is 23.1 Å². The molecule has 3 N–H and O–H groups in total. The Hall–Kier alpha value is -4.34. The number of hydrogen-bond acceptors (Lipinski definition) is 11. The van der Waals surface area contributed by atoms with Crippen molar-refractivity contribution in [1.82, 2.24) is 10.2 Å². The van der Waals surface area contributed by atoms with Gasteiger partial charge in [-0.05, 0) is 54.8 Å². The Kier molecular flexibility index (Phi) is 8.04. The first-order valence-corrected chi connectivity index (χ1v) is 14.2. The molecule has 1 aromatic heterocycles. The number of carbonyl (C=O) groups is 2. The summed E-state index contributed by atoms with van der Waals surface area (Å²) >= 11 is 2.50. The molecule has 40 heavy (non-hydrogen) atoms. The Labute approximate surface area is 239 Å². The highest BCUT2D eigenvalue weighted by atomic mass is 32.2. The van der Waals surface area contributed by atoms with Crippen LogP contribution >= 0.6 is 23.1 Å². The summed E-state index contributed by atoms with van der Waals surface area (Å²) in [6.45, 7) is 0. The number of ether oxygens (including phenoxy) is 2. The van der Waals surface area contributed by atoms with Crippen LogP contribution < -0.4 is 25.4 Å². The third-order valence-corrected chi connectivity index (χ3v) is 8.69. The number of hydrogen-bond donors (Lipinski definition) is 2. The predicted octanol–water partition coefficient (Wildman–Crippen LogP) is 4.59. The van der Waals surface area contributed by atoms with E-state index in [4.69, 9.17) is 15.2 Å². The van der Waals surface area contributed by atoms with Gasteiger partial charge < -0.3 is 20.5 Å².